The number of likely N-dealkylation sites (tertiary alicyclic amines) is 2. The number of hydrogen-bond acceptors (Lipinski definition) is 4. The van der Waals surface area contributed by atoms with Crippen LogP contribution in [0, 0.1) is 0 Å². The van der Waals surface area contributed by atoms with Gasteiger partial charge in [-0.15, -0.1) is 0 Å². The number of H-pyrrole nitrogens is 2. The van der Waals surface area contributed by atoms with Crippen LogP contribution in [-0.2, 0) is 33.5 Å². The summed E-state index contributed by atoms with van der Waals surface area (Å²) >= 11 is 0. The largest absolute Gasteiger partial charge is 0.481 e. The minimum absolute atomic E-state index is 0.133. The van der Waals surface area contributed by atoms with Crippen molar-refractivity contribution in [2.45, 2.75) is 49.6 Å². The lowest BCUT2D eigenvalue weighted by atomic mass is 9.72. The Hall–Kier alpha value is -6.22. The predicted octanol–water partition coefficient (Wildman–Crippen LogP) is 9.54. The zero-order valence-corrected chi connectivity index (χ0v) is 33.6. The van der Waals surface area contributed by atoms with Gasteiger partial charge in [0.25, 0.3) is 0 Å². The van der Waals surface area contributed by atoms with Crippen molar-refractivity contribution in [3.63, 3.8) is 0 Å². The summed E-state index contributed by atoms with van der Waals surface area (Å²) in [4.78, 5) is 36.8. The number of fused-ring (bicyclic) bond motifs is 6. The molecule has 59 heavy (non-hydrogen) atoms. The van der Waals surface area contributed by atoms with Crippen LogP contribution in [0.1, 0.15) is 47.9 Å². The van der Waals surface area contributed by atoms with Crippen molar-refractivity contribution >= 4 is 55.5 Å². The van der Waals surface area contributed by atoms with E-state index in [9.17, 15) is 14.7 Å². The Morgan fingerprint density at radius 3 is 1.36 bits per heavy atom. The van der Waals surface area contributed by atoms with Crippen molar-refractivity contribution in [1.82, 2.24) is 25.1 Å². The molecule has 1 amide bonds. The van der Waals surface area contributed by atoms with Crippen LogP contribution in [0.5, 0.6) is 0 Å². The fourth-order valence-corrected chi connectivity index (χ4v) is 9.72. The molecule has 2 aliphatic rings. The summed E-state index contributed by atoms with van der Waals surface area (Å²) in [6, 6.07) is 50.1. The maximum atomic E-state index is 12.9. The number of carbonyl (C=O) groups excluding carboxylic acids is 1. The molecule has 2 saturated heterocycles. The average Bonchev–Trinajstić information content (AvgIpc) is 3.85. The number of para-hydroxylation sites is 2. The minimum atomic E-state index is -0.765. The first-order valence-electron chi connectivity index (χ1n) is 20.9. The molecule has 0 aliphatic carbocycles. The Labute approximate surface area is 344 Å². The lowest BCUT2D eigenvalue weighted by Crippen LogP contribution is -2.50. The first-order chi connectivity index (χ1) is 28.8. The van der Waals surface area contributed by atoms with Gasteiger partial charge in [0.1, 0.15) is 0 Å². The monoisotopic (exact) mass is 781 g/mol. The molecule has 8 aromatic rings. The van der Waals surface area contributed by atoms with Gasteiger partial charge in [0.2, 0.25) is 5.91 Å². The molecule has 0 saturated carbocycles. The van der Waals surface area contributed by atoms with Crippen molar-refractivity contribution in [3.8, 4) is 0 Å². The second-order valence-electron chi connectivity index (χ2n) is 16.4. The third-order valence-corrected chi connectivity index (χ3v) is 13.1. The number of benzene rings is 6. The molecular formula is C51H51N5O3. The SMILES string of the molecule is CNC(=O)C1(c2ccccc2)CCN(Cc2ccc3[nH]c4ccccc4c3c2)CC1.O=C(O)C1(c2ccccc2)CCN(Cc2ccc3[nH]c4ccccc4c3c2)CC1. The number of likely N-dealkylation sites (N-methyl/N-ethyl adjacent to an activating group) is 1. The summed E-state index contributed by atoms with van der Waals surface area (Å²) in [5.41, 5.74) is 8.13. The maximum absolute atomic E-state index is 12.9. The molecule has 4 N–H and O–H groups in total. The lowest BCUT2D eigenvalue weighted by Gasteiger charge is -2.41. The van der Waals surface area contributed by atoms with Crippen LogP contribution in [0.25, 0.3) is 43.6 Å². The summed E-state index contributed by atoms with van der Waals surface area (Å²) in [5.74, 6) is -0.572. The lowest BCUT2D eigenvalue weighted by molar-refractivity contribution is -0.146. The van der Waals surface area contributed by atoms with Crippen LogP contribution in [0.15, 0.2) is 146 Å². The highest BCUT2D eigenvalue weighted by atomic mass is 16.4. The van der Waals surface area contributed by atoms with Gasteiger partial charge < -0.3 is 20.4 Å². The van der Waals surface area contributed by atoms with Gasteiger partial charge in [0.05, 0.1) is 10.8 Å². The summed E-state index contributed by atoms with van der Waals surface area (Å²) < 4.78 is 0. The van der Waals surface area contributed by atoms with Crippen molar-refractivity contribution in [1.29, 1.82) is 0 Å². The van der Waals surface area contributed by atoms with Crippen molar-refractivity contribution in [2.75, 3.05) is 33.2 Å². The highest BCUT2D eigenvalue weighted by Crippen LogP contribution is 2.38. The first kappa shape index (κ1) is 38.3. The van der Waals surface area contributed by atoms with E-state index in [0.29, 0.717) is 12.8 Å². The van der Waals surface area contributed by atoms with Crippen LogP contribution >= 0.6 is 0 Å². The number of rotatable bonds is 8. The Balaban J connectivity index is 0.000000152. The van der Waals surface area contributed by atoms with Crippen LogP contribution in [0.2, 0.25) is 0 Å². The van der Waals surface area contributed by atoms with Crippen molar-refractivity contribution in [2.24, 2.45) is 0 Å². The zero-order valence-electron chi connectivity index (χ0n) is 33.6. The van der Waals surface area contributed by atoms with Gasteiger partial charge in [-0.05, 0) is 111 Å². The number of aromatic amines is 2. The normalized spacial score (nSPS) is 16.8. The number of hydrogen-bond donors (Lipinski definition) is 4. The van der Waals surface area contributed by atoms with Crippen molar-refractivity contribution in [3.05, 3.63) is 168 Å². The number of carboxylic acid groups (broad SMARTS) is 1. The highest BCUT2D eigenvalue weighted by molar-refractivity contribution is 6.08. The summed E-state index contributed by atoms with van der Waals surface area (Å²) in [5, 5.41) is 18.0. The van der Waals surface area contributed by atoms with E-state index in [1.54, 1.807) is 7.05 Å². The summed E-state index contributed by atoms with van der Waals surface area (Å²) in [6.07, 6.45) is 2.96. The predicted molar refractivity (Wildman–Crippen MR) is 239 cm³/mol. The first-order valence-corrected chi connectivity index (χ1v) is 20.9. The number of aliphatic carboxylic acids is 1. The van der Waals surface area contributed by atoms with Gasteiger partial charge in [0.15, 0.2) is 0 Å². The van der Waals surface area contributed by atoms with Gasteiger partial charge in [-0.1, -0.05) is 109 Å². The van der Waals surface area contributed by atoms with E-state index >= 15 is 0 Å². The molecule has 298 valence electrons. The number of nitrogens with zero attached hydrogens (tertiary/aromatic N) is 2. The number of carbonyl (C=O) groups is 2. The van der Waals surface area contributed by atoms with Crippen LogP contribution in [0.3, 0.4) is 0 Å². The molecule has 2 fully saturated rings. The van der Waals surface area contributed by atoms with E-state index in [1.165, 1.54) is 43.7 Å². The molecule has 10 rings (SSSR count). The minimum Gasteiger partial charge on any atom is -0.481 e. The fraction of sp³-hybridized carbons (Fsp3) is 0.255. The van der Waals surface area contributed by atoms with E-state index in [0.717, 1.165) is 74.3 Å². The molecule has 8 nitrogen and oxygen atoms in total. The van der Waals surface area contributed by atoms with E-state index in [4.69, 9.17) is 0 Å². The van der Waals surface area contributed by atoms with Gasteiger partial charge in [-0.2, -0.15) is 0 Å². The summed E-state index contributed by atoms with van der Waals surface area (Å²) in [7, 11) is 1.75. The average molecular weight is 782 g/mol. The quantitative estimate of drug-likeness (QED) is 0.123. The summed E-state index contributed by atoms with van der Waals surface area (Å²) in [6.45, 7) is 5.15. The fourth-order valence-electron chi connectivity index (χ4n) is 9.72. The molecule has 2 aromatic heterocycles. The van der Waals surface area contributed by atoms with Crippen LogP contribution in [-0.4, -0.2) is 70.0 Å². The molecule has 0 bridgehead atoms. The zero-order chi connectivity index (χ0) is 40.4. The smallest absolute Gasteiger partial charge is 0.314 e. The second kappa shape index (κ2) is 16.2. The second-order valence-corrected chi connectivity index (χ2v) is 16.4. The molecule has 6 aromatic carbocycles. The molecule has 4 heterocycles. The Kier molecular flexibility index (Phi) is 10.5. The van der Waals surface area contributed by atoms with Gasteiger partial charge in [-0.25, -0.2) is 0 Å². The highest BCUT2D eigenvalue weighted by Gasteiger charge is 2.43. The Morgan fingerprint density at radius 2 is 0.915 bits per heavy atom. The molecule has 0 radical (unpaired) electrons. The Bertz CT molecular complexity index is 2740. The van der Waals surface area contributed by atoms with Gasteiger partial charge in [-0.3, -0.25) is 19.4 Å². The topological polar surface area (TPSA) is 104 Å². The third kappa shape index (κ3) is 7.39. The molecule has 8 heteroatoms. The third-order valence-electron chi connectivity index (χ3n) is 13.1. The standard InChI is InChI=1S/C26H27N3O.C25H24N2O2/c1-27-25(30)26(20-7-3-2-4-8-20)13-15-29(16-14-26)18-19-11-12-24-22(17-19)21-9-5-6-10-23(21)28-24;28-24(29)25(19-6-2-1-3-7-19)12-14-27(15-13-25)17-18-10-11-23-21(16-18)20-8-4-5-9-22(20)26-23/h2-12,17,28H,13-16,18H2,1H3,(H,27,30);1-11,16,26H,12-15,17H2,(H,28,29). The Morgan fingerprint density at radius 1 is 0.525 bits per heavy atom. The van der Waals surface area contributed by atoms with E-state index in [2.05, 4.69) is 116 Å². The number of amides is 1. The van der Waals surface area contributed by atoms with Crippen LogP contribution < -0.4 is 5.32 Å². The van der Waals surface area contributed by atoms with Gasteiger partial charge in [0, 0.05) is 63.7 Å². The molecule has 0 atom stereocenters. The number of nitrogens with one attached hydrogen (secondary N) is 3. The molecule has 2 aliphatic heterocycles. The number of carboxylic acids is 1. The number of aromatic nitrogens is 2. The van der Waals surface area contributed by atoms with Gasteiger partial charge >= 0.3 is 5.97 Å². The van der Waals surface area contributed by atoms with Crippen LogP contribution in [0.4, 0.5) is 0 Å². The maximum Gasteiger partial charge on any atom is 0.314 e. The van der Waals surface area contributed by atoms with Crippen molar-refractivity contribution < 1.29 is 14.7 Å². The van der Waals surface area contributed by atoms with E-state index < -0.39 is 16.8 Å². The molecule has 0 spiro atoms. The van der Waals surface area contributed by atoms with E-state index in [-0.39, 0.29) is 5.91 Å². The molecule has 0 unspecified atom stereocenters. The molecular weight excluding hydrogens is 731 g/mol. The number of piperidine rings is 2. The van der Waals surface area contributed by atoms with E-state index in [1.807, 2.05) is 54.6 Å².